The van der Waals surface area contributed by atoms with E-state index in [0.29, 0.717) is 35.8 Å². The van der Waals surface area contributed by atoms with Crippen LogP contribution in [0.3, 0.4) is 0 Å². The Kier molecular flexibility index (Phi) is 6.93. The SMILES string of the molecule is CC(=O)N1CCCC(Cc2nccnc2C(=O)N2C[C@H]3CCC[C@H](Cc4ccccc4)[C@H]3C2)C1. The van der Waals surface area contributed by atoms with Crippen LogP contribution in [0.1, 0.15) is 60.8 Å². The highest BCUT2D eigenvalue weighted by molar-refractivity contribution is 5.93. The summed E-state index contributed by atoms with van der Waals surface area (Å²) in [6, 6.07) is 10.8. The van der Waals surface area contributed by atoms with Crippen molar-refractivity contribution in [2.75, 3.05) is 26.2 Å². The zero-order valence-electron chi connectivity index (χ0n) is 20.2. The fourth-order valence-electron chi connectivity index (χ4n) is 6.56. The van der Waals surface area contributed by atoms with Crippen LogP contribution in [-0.4, -0.2) is 57.8 Å². The van der Waals surface area contributed by atoms with Crippen molar-refractivity contribution in [3.05, 3.63) is 59.7 Å². The van der Waals surface area contributed by atoms with Crippen molar-refractivity contribution in [2.45, 2.75) is 51.9 Å². The monoisotopic (exact) mass is 460 g/mol. The number of aromatic nitrogens is 2. The van der Waals surface area contributed by atoms with E-state index < -0.39 is 0 Å². The maximum atomic E-state index is 13.6. The van der Waals surface area contributed by atoms with Gasteiger partial charge in [-0.3, -0.25) is 14.6 Å². The van der Waals surface area contributed by atoms with E-state index in [2.05, 4.69) is 45.2 Å². The molecule has 3 aliphatic rings. The first kappa shape index (κ1) is 23.0. The van der Waals surface area contributed by atoms with E-state index in [4.69, 9.17) is 0 Å². The fraction of sp³-hybridized carbons (Fsp3) is 0.571. The minimum atomic E-state index is 0.0372. The Morgan fingerprint density at radius 3 is 2.56 bits per heavy atom. The first-order valence-corrected chi connectivity index (χ1v) is 13.0. The summed E-state index contributed by atoms with van der Waals surface area (Å²) in [5.41, 5.74) is 2.71. The van der Waals surface area contributed by atoms with Gasteiger partial charge in [-0.15, -0.1) is 0 Å². The van der Waals surface area contributed by atoms with Gasteiger partial charge in [0, 0.05) is 45.5 Å². The van der Waals surface area contributed by atoms with E-state index in [0.717, 1.165) is 51.1 Å². The van der Waals surface area contributed by atoms with Gasteiger partial charge in [0.05, 0.1) is 5.69 Å². The molecule has 5 rings (SSSR count). The van der Waals surface area contributed by atoms with Crippen LogP contribution in [0.4, 0.5) is 0 Å². The summed E-state index contributed by atoms with van der Waals surface area (Å²) in [5.74, 6) is 2.30. The smallest absolute Gasteiger partial charge is 0.274 e. The Balaban J connectivity index is 1.27. The Hall–Kier alpha value is -2.76. The molecule has 180 valence electrons. The molecule has 1 aliphatic carbocycles. The Bertz CT molecular complexity index is 1010. The number of piperidine rings is 1. The lowest BCUT2D eigenvalue weighted by Crippen LogP contribution is -2.39. The molecule has 1 aromatic heterocycles. The van der Waals surface area contributed by atoms with Crippen molar-refractivity contribution in [3.63, 3.8) is 0 Å². The Morgan fingerprint density at radius 2 is 1.74 bits per heavy atom. The number of likely N-dealkylation sites (tertiary alicyclic amines) is 2. The average Bonchev–Trinajstić information content (AvgIpc) is 3.30. The highest BCUT2D eigenvalue weighted by Gasteiger charge is 2.42. The van der Waals surface area contributed by atoms with Gasteiger partial charge >= 0.3 is 0 Å². The first-order chi connectivity index (χ1) is 16.6. The third-order valence-electron chi connectivity index (χ3n) is 8.30. The van der Waals surface area contributed by atoms with Gasteiger partial charge in [0.2, 0.25) is 5.91 Å². The summed E-state index contributed by atoms with van der Waals surface area (Å²) < 4.78 is 0. The highest BCUT2D eigenvalue weighted by Crippen LogP contribution is 2.42. The van der Waals surface area contributed by atoms with Gasteiger partial charge in [-0.1, -0.05) is 36.8 Å². The summed E-state index contributed by atoms with van der Waals surface area (Å²) in [4.78, 5) is 38.6. The normalized spacial score (nSPS) is 26.9. The van der Waals surface area contributed by atoms with Gasteiger partial charge in [0.1, 0.15) is 5.69 Å². The largest absolute Gasteiger partial charge is 0.343 e. The molecule has 4 atom stereocenters. The molecule has 2 aliphatic heterocycles. The number of nitrogens with zero attached hydrogens (tertiary/aromatic N) is 4. The number of benzene rings is 1. The lowest BCUT2D eigenvalue weighted by molar-refractivity contribution is -0.130. The van der Waals surface area contributed by atoms with Crippen molar-refractivity contribution in [1.29, 1.82) is 0 Å². The van der Waals surface area contributed by atoms with Crippen molar-refractivity contribution in [1.82, 2.24) is 19.8 Å². The standard InChI is InChI=1S/C28H36N4O2/c1-20(33)31-14-6-9-22(17-31)16-26-27(30-13-12-29-26)28(34)32-18-24-11-5-10-23(25(24)19-32)15-21-7-3-2-4-8-21/h2-4,7-8,12-13,22-25H,5-6,9-11,14-19H2,1H3/t22?,23-,24-,25-/m1/s1. The molecule has 0 spiro atoms. The molecule has 0 bridgehead atoms. The second kappa shape index (κ2) is 10.2. The summed E-state index contributed by atoms with van der Waals surface area (Å²) in [6.45, 7) is 4.88. The summed E-state index contributed by atoms with van der Waals surface area (Å²) in [7, 11) is 0. The molecular formula is C28H36N4O2. The number of rotatable bonds is 5. The highest BCUT2D eigenvalue weighted by atomic mass is 16.2. The summed E-state index contributed by atoms with van der Waals surface area (Å²) in [5, 5.41) is 0. The number of fused-ring (bicyclic) bond motifs is 1. The van der Waals surface area contributed by atoms with Gasteiger partial charge in [-0.25, -0.2) is 4.98 Å². The Morgan fingerprint density at radius 1 is 0.912 bits per heavy atom. The molecule has 3 heterocycles. The maximum absolute atomic E-state index is 13.6. The summed E-state index contributed by atoms with van der Waals surface area (Å²) in [6.07, 6.45) is 10.9. The van der Waals surface area contributed by atoms with Crippen LogP contribution in [0.25, 0.3) is 0 Å². The van der Waals surface area contributed by atoms with Gasteiger partial charge < -0.3 is 9.80 Å². The maximum Gasteiger partial charge on any atom is 0.274 e. The fourth-order valence-corrected chi connectivity index (χ4v) is 6.56. The zero-order chi connectivity index (χ0) is 23.5. The molecule has 1 aromatic carbocycles. The molecule has 1 saturated carbocycles. The van der Waals surface area contributed by atoms with Crippen LogP contribution in [0.15, 0.2) is 42.7 Å². The summed E-state index contributed by atoms with van der Waals surface area (Å²) >= 11 is 0. The molecule has 0 radical (unpaired) electrons. The van der Waals surface area contributed by atoms with E-state index in [1.54, 1.807) is 19.3 Å². The minimum Gasteiger partial charge on any atom is -0.343 e. The van der Waals surface area contributed by atoms with E-state index in [1.165, 1.54) is 24.8 Å². The van der Waals surface area contributed by atoms with Crippen LogP contribution >= 0.6 is 0 Å². The van der Waals surface area contributed by atoms with E-state index >= 15 is 0 Å². The second-order valence-electron chi connectivity index (χ2n) is 10.5. The van der Waals surface area contributed by atoms with Crippen molar-refractivity contribution >= 4 is 11.8 Å². The number of carbonyl (C=O) groups excluding carboxylic acids is 2. The minimum absolute atomic E-state index is 0.0372. The average molecular weight is 461 g/mol. The lowest BCUT2D eigenvalue weighted by Gasteiger charge is -2.33. The van der Waals surface area contributed by atoms with E-state index in [-0.39, 0.29) is 11.8 Å². The van der Waals surface area contributed by atoms with Crippen LogP contribution in [0.5, 0.6) is 0 Å². The molecule has 2 amide bonds. The Labute approximate surface area is 202 Å². The molecule has 0 N–H and O–H groups in total. The molecule has 3 fully saturated rings. The molecule has 34 heavy (non-hydrogen) atoms. The van der Waals surface area contributed by atoms with Gasteiger partial charge in [0.25, 0.3) is 5.91 Å². The third kappa shape index (κ3) is 5.01. The second-order valence-corrected chi connectivity index (χ2v) is 10.5. The molecule has 2 saturated heterocycles. The quantitative estimate of drug-likeness (QED) is 0.676. The number of hydrogen-bond acceptors (Lipinski definition) is 4. The number of carbonyl (C=O) groups is 2. The lowest BCUT2D eigenvalue weighted by atomic mass is 9.72. The van der Waals surface area contributed by atoms with Crippen molar-refractivity contribution in [3.8, 4) is 0 Å². The van der Waals surface area contributed by atoms with Gasteiger partial charge in [-0.05, 0) is 67.8 Å². The van der Waals surface area contributed by atoms with Crippen LogP contribution in [0.2, 0.25) is 0 Å². The van der Waals surface area contributed by atoms with Crippen LogP contribution in [-0.2, 0) is 17.6 Å². The zero-order valence-corrected chi connectivity index (χ0v) is 20.2. The molecule has 6 heteroatoms. The molecule has 6 nitrogen and oxygen atoms in total. The first-order valence-electron chi connectivity index (χ1n) is 13.0. The van der Waals surface area contributed by atoms with Gasteiger partial charge in [-0.2, -0.15) is 0 Å². The van der Waals surface area contributed by atoms with E-state index in [1.807, 2.05) is 4.90 Å². The number of hydrogen-bond donors (Lipinski definition) is 0. The molecule has 2 aromatic rings. The van der Waals surface area contributed by atoms with Gasteiger partial charge in [0.15, 0.2) is 0 Å². The van der Waals surface area contributed by atoms with Crippen molar-refractivity contribution in [2.24, 2.45) is 23.7 Å². The van der Waals surface area contributed by atoms with Crippen LogP contribution < -0.4 is 0 Å². The van der Waals surface area contributed by atoms with E-state index in [9.17, 15) is 9.59 Å². The predicted molar refractivity (Wildman–Crippen MR) is 131 cm³/mol. The topological polar surface area (TPSA) is 66.4 Å². The van der Waals surface area contributed by atoms with Crippen molar-refractivity contribution < 1.29 is 9.59 Å². The molecular weight excluding hydrogens is 424 g/mol. The predicted octanol–water partition coefficient (Wildman–Crippen LogP) is 4.01. The van der Waals surface area contributed by atoms with Crippen LogP contribution in [0, 0.1) is 23.7 Å². The number of amides is 2. The third-order valence-corrected chi connectivity index (χ3v) is 8.30. The molecule has 1 unspecified atom stereocenters.